The van der Waals surface area contributed by atoms with Crippen molar-refractivity contribution >= 4 is 7.82 Å². The number of hydrogen-bond acceptors (Lipinski definition) is 2. The van der Waals surface area contributed by atoms with Gasteiger partial charge >= 0.3 is 59.2 Å². The van der Waals surface area contributed by atoms with Crippen LogP contribution in [0.2, 0.25) is 0 Å². The minimum atomic E-state index is -4.64. The predicted molar refractivity (Wildman–Crippen MR) is 23.5 cm³/mol. The van der Waals surface area contributed by atoms with Crippen LogP contribution in [0.5, 0.6) is 0 Å². The van der Waals surface area contributed by atoms with Crippen molar-refractivity contribution in [1.82, 2.24) is 0 Å². The molecule has 0 saturated carbocycles. The van der Waals surface area contributed by atoms with Gasteiger partial charge in [-0.15, -0.1) is 0 Å². The van der Waals surface area contributed by atoms with Gasteiger partial charge in [0.05, 0.1) is 0 Å². The van der Waals surface area contributed by atoms with E-state index < -0.39 is 7.82 Å². The molecule has 0 saturated heterocycles. The average molecular weight is 170 g/mol. The Balaban J connectivity index is -0.0000000286. The molecule has 8 heavy (non-hydrogen) atoms. The molecule has 0 amide bonds. The van der Waals surface area contributed by atoms with Crippen molar-refractivity contribution in [2.24, 2.45) is 0 Å². The second-order valence-corrected chi connectivity index (χ2v) is 1.54. The molecule has 0 bridgehead atoms. The fourth-order valence-corrected chi connectivity index (χ4v) is 0. The van der Waals surface area contributed by atoms with Gasteiger partial charge in [0.2, 0.25) is 0 Å². The summed E-state index contributed by atoms with van der Waals surface area (Å²) in [4.78, 5) is 21.6. The number of aliphatic hydroxyl groups excluding tert-OH is 1. The van der Waals surface area contributed by atoms with Crippen LogP contribution in [0, 0.1) is 0 Å². The summed E-state index contributed by atoms with van der Waals surface area (Å²) in [7, 11) is -3.64. The first-order chi connectivity index (χ1) is 3.00. The van der Waals surface area contributed by atoms with E-state index in [-0.39, 0.29) is 52.8 Å². The SMILES string of the molecule is CO.O=P(O)(O)O.[H-].[K+]. The van der Waals surface area contributed by atoms with Crippen LogP contribution in [-0.2, 0) is 4.57 Å². The summed E-state index contributed by atoms with van der Waals surface area (Å²) in [5.74, 6) is 0. The second kappa shape index (κ2) is 8.71. The normalized spacial score (nSPS) is 8.12. The molecule has 0 radical (unpaired) electrons. The van der Waals surface area contributed by atoms with Gasteiger partial charge in [0.25, 0.3) is 0 Å². The number of hydrogen-bond donors (Lipinski definition) is 4. The minimum absolute atomic E-state index is 0. The Labute approximate surface area is 90.9 Å². The van der Waals surface area contributed by atoms with E-state index in [0.29, 0.717) is 0 Å². The van der Waals surface area contributed by atoms with Crippen molar-refractivity contribution in [3.8, 4) is 0 Å². The van der Waals surface area contributed by atoms with Crippen LogP contribution in [0.3, 0.4) is 0 Å². The molecule has 0 aliphatic heterocycles. The first-order valence-electron chi connectivity index (χ1n) is 1.23. The Hall–Kier alpha value is 1.71. The summed E-state index contributed by atoms with van der Waals surface area (Å²) in [6, 6.07) is 0. The van der Waals surface area contributed by atoms with Gasteiger partial charge in [-0.2, -0.15) is 0 Å². The molecule has 4 N–H and O–H groups in total. The average Bonchev–Trinajstić information content (AvgIpc) is 1.36. The summed E-state index contributed by atoms with van der Waals surface area (Å²) in [5.41, 5.74) is 0. The summed E-state index contributed by atoms with van der Waals surface area (Å²) < 4.78 is 8.88. The Bertz CT molecular complexity index is 63.1. The molecule has 0 unspecified atom stereocenters. The van der Waals surface area contributed by atoms with E-state index in [1.54, 1.807) is 0 Å². The zero-order valence-corrected chi connectivity index (χ0v) is 8.66. The molecule has 0 atom stereocenters. The van der Waals surface area contributed by atoms with E-state index in [9.17, 15) is 0 Å². The maximum Gasteiger partial charge on any atom is 1.00 e. The fraction of sp³-hybridized carbons (Fsp3) is 1.00. The zero-order chi connectivity index (χ0) is 6.50. The molecule has 0 aromatic rings. The van der Waals surface area contributed by atoms with Crippen LogP contribution in [0.15, 0.2) is 0 Å². The number of rotatable bonds is 0. The van der Waals surface area contributed by atoms with E-state index in [4.69, 9.17) is 24.4 Å². The van der Waals surface area contributed by atoms with Gasteiger partial charge in [-0.1, -0.05) is 0 Å². The summed E-state index contributed by atoms with van der Waals surface area (Å²) >= 11 is 0. The number of phosphoric acid groups is 1. The Morgan fingerprint density at radius 3 is 1.25 bits per heavy atom. The van der Waals surface area contributed by atoms with E-state index in [0.717, 1.165) is 7.11 Å². The van der Waals surface area contributed by atoms with Gasteiger partial charge in [0.15, 0.2) is 0 Å². The molecular weight excluding hydrogens is 162 g/mol. The Morgan fingerprint density at radius 1 is 1.25 bits per heavy atom. The molecule has 0 aromatic carbocycles. The van der Waals surface area contributed by atoms with Crippen LogP contribution in [0.4, 0.5) is 0 Å². The molecule has 0 spiro atoms. The summed E-state index contributed by atoms with van der Waals surface area (Å²) in [5, 5.41) is 7.00. The van der Waals surface area contributed by atoms with E-state index in [1.807, 2.05) is 0 Å². The molecule has 0 aromatic heterocycles. The largest absolute Gasteiger partial charge is 1.00 e. The van der Waals surface area contributed by atoms with Crippen LogP contribution in [0.1, 0.15) is 1.43 Å². The molecule has 0 heterocycles. The van der Waals surface area contributed by atoms with Crippen LogP contribution in [0.25, 0.3) is 0 Å². The van der Waals surface area contributed by atoms with Gasteiger partial charge < -0.3 is 21.2 Å². The zero-order valence-electron chi connectivity index (χ0n) is 5.64. The molecule has 0 fully saturated rings. The smallest absolute Gasteiger partial charge is 1.00 e. The third-order valence-corrected chi connectivity index (χ3v) is 0. The fourth-order valence-electron chi connectivity index (χ4n) is 0. The molecule has 48 valence electrons. The van der Waals surface area contributed by atoms with Crippen molar-refractivity contribution in [2.45, 2.75) is 0 Å². The van der Waals surface area contributed by atoms with Gasteiger partial charge in [0, 0.05) is 7.11 Å². The van der Waals surface area contributed by atoms with Gasteiger partial charge in [-0.05, 0) is 0 Å². The molecule has 0 aliphatic rings. The molecular formula is CH8KO5P. The third-order valence-electron chi connectivity index (χ3n) is 0. The van der Waals surface area contributed by atoms with Crippen molar-refractivity contribution in [3.63, 3.8) is 0 Å². The van der Waals surface area contributed by atoms with E-state index in [1.165, 1.54) is 0 Å². The van der Waals surface area contributed by atoms with Gasteiger partial charge in [0.1, 0.15) is 0 Å². The maximum atomic E-state index is 8.88. The number of aliphatic hydroxyl groups is 1. The van der Waals surface area contributed by atoms with Crippen LogP contribution >= 0.6 is 7.82 Å². The quantitative estimate of drug-likeness (QED) is 0.218. The maximum absolute atomic E-state index is 8.88. The Morgan fingerprint density at radius 2 is 1.25 bits per heavy atom. The minimum Gasteiger partial charge on any atom is -1.00 e. The molecule has 7 heteroatoms. The third kappa shape index (κ3) is 119. The second-order valence-electron chi connectivity index (χ2n) is 0.513. The van der Waals surface area contributed by atoms with Gasteiger partial charge in [-0.25, -0.2) is 4.57 Å². The standard InChI is InChI=1S/CH4O.K.H3O4P.H/c1-2;;1-5(2,3)4;/h2H,1H3;;(H3,1,2,3,4);/q;+1;;-1. The van der Waals surface area contributed by atoms with Gasteiger partial charge in [-0.3, -0.25) is 0 Å². The predicted octanol–water partition coefficient (Wildman–Crippen LogP) is -4.20. The van der Waals surface area contributed by atoms with Crippen LogP contribution < -0.4 is 51.4 Å². The van der Waals surface area contributed by atoms with E-state index >= 15 is 0 Å². The molecule has 5 nitrogen and oxygen atoms in total. The van der Waals surface area contributed by atoms with Crippen molar-refractivity contribution in [1.29, 1.82) is 0 Å². The van der Waals surface area contributed by atoms with E-state index in [2.05, 4.69) is 0 Å². The molecule has 0 rings (SSSR count). The van der Waals surface area contributed by atoms with Crippen LogP contribution in [-0.4, -0.2) is 26.9 Å². The Kier molecular flexibility index (Phi) is 17.8. The first kappa shape index (κ1) is 16.4. The van der Waals surface area contributed by atoms with Crippen molar-refractivity contribution in [3.05, 3.63) is 0 Å². The summed E-state index contributed by atoms with van der Waals surface area (Å²) in [6.45, 7) is 0. The monoisotopic (exact) mass is 170 g/mol. The molecule has 0 aliphatic carbocycles. The first-order valence-corrected chi connectivity index (χ1v) is 2.79. The summed E-state index contributed by atoms with van der Waals surface area (Å²) in [6.07, 6.45) is 0. The topological polar surface area (TPSA) is 98.0 Å². The van der Waals surface area contributed by atoms with Crippen molar-refractivity contribution in [2.75, 3.05) is 7.11 Å². The van der Waals surface area contributed by atoms with Crippen molar-refractivity contribution < 1.29 is 77.2 Å².